The Morgan fingerprint density at radius 1 is 1.18 bits per heavy atom. The molecule has 17 heavy (non-hydrogen) atoms. The first-order chi connectivity index (χ1) is 7.84. The maximum Gasteiger partial charge on any atom is 0.127 e. The van der Waals surface area contributed by atoms with Crippen LogP contribution in [0, 0.1) is 5.82 Å². The molecule has 0 aromatic heterocycles. The number of rotatable bonds is 8. The van der Waals surface area contributed by atoms with Gasteiger partial charge in [-0.2, -0.15) is 0 Å². The Morgan fingerprint density at radius 2 is 1.94 bits per heavy atom. The Labute approximate surface area is 109 Å². The molecule has 0 bridgehead atoms. The molecule has 0 aliphatic carbocycles. The third-order valence-corrected chi connectivity index (χ3v) is 2.48. The maximum atomic E-state index is 13.2. The molecule has 0 radical (unpaired) electrons. The van der Waals surface area contributed by atoms with Crippen molar-refractivity contribution in [2.45, 2.75) is 25.8 Å². The van der Waals surface area contributed by atoms with Crippen molar-refractivity contribution in [3.63, 3.8) is 0 Å². The first-order valence-corrected chi connectivity index (χ1v) is 5.77. The van der Waals surface area contributed by atoms with Gasteiger partial charge < -0.3 is 10.1 Å². The molecule has 0 saturated carbocycles. The largest absolute Gasteiger partial charge is 0.385 e. The highest BCUT2D eigenvalue weighted by Crippen LogP contribution is 2.05. The predicted octanol–water partition coefficient (Wildman–Crippen LogP) is 3.15. The van der Waals surface area contributed by atoms with Crippen LogP contribution in [-0.4, -0.2) is 20.3 Å². The Hall–Kier alpha value is -0.640. The summed E-state index contributed by atoms with van der Waals surface area (Å²) in [5.41, 5.74) is 0.736. The zero-order valence-electron chi connectivity index (χ0n) is 10.2. The van der Waals surface area contributed by atoms with Crippen LogP contribution in [0.1, 0.15) is 24.8 Å². The lowest BCUT2D eigenvalue weighted by molar-refractivity contribution is 0.192. The Kier molecular flexibility index (Phi) is 10.1. The van der Waals surface area contributed by atoms with Crippen LogP contribution in [0.4, 0.5) is 4.39 Å². The van der Waals surface area contributed by atoms with E-state index in [1.54, 1.807) is 13.2 Å². The zero-order chi connectivity index (χ0) is 11.6. The Balaban J connectivity index is 0.00000256. The van der Waals surface area contributed by atoms with E-state index in [0.717, 1.165) is 38.0 Å². The molecule has 0 saturated heterocycles. The molecule has 0 aliphatic heterocycles. The Morgan fingerprint density at radius 3 is 2.65 bits per heavy atom. The van der Waals surface area contributed by atoms with Gasteiger partial charge in [-0.15, -0.1) is 12.4 Å². The maximum absolute atomic E-state index is 13.2. The van der Waals surface area contributed by atoms with Crippen LogP contribution in [0.15, 0.2) is 24.3 Å². The molecule has 1 rings (SSSR count). The average molecular weight is 262 g/mol. The molecular weight excluding hydrogens is 241 g/mol. The van der Waals surface area contributed by atoms with Gasteiger partial charge in [0.1, 0.15) is 5.82 Å². The van der Waals surface area contributed by atoms with Crippen molar-refractivity contribution in [2.24, 2.45) is 0 Å². The van der Waals surface area contributed by atoms with Gasteiger partial charge in [0.25, 0.3) is 0 Å². The van der Waals surface area contributed by atoms with Crippen LogP contribution >= 0.6 is 12.4 Å². The van der Waals surface area contributed by atoms with Gasteiger partial charge in [-0.25, -0.2) is 4.39 Å². The molecule has 4 heteroatoms. The normalized spacial score (nSPS) is 10.0. The predicted molar refractivity (Wildman–Crippen MR) is 71.1 cm³/mol. The standard InChI is InChI=1S/C13H20FNO.ClH/c1-16-10-6-2-5-9-15-11-12-7-3-4-8-13(12)14;/h3-4,7-8,15H,2,5-6,9-11H2,1H3;1H. The first kappa shape index (κ1) is 16.4. The number of unbranched alkanes of at least 4 members (excludes halogenated alkanes) is 2. The van der Waals surface area contributed by atoms with Crippen LogP contribution in [0.5, 0.6) is 0 Å². The fourth-order valence-electron chi connectivity index (χ4n) is 1.54. The molecule has 0 fully saturated rings. The molecule has 0 atom stereocenters. The van der Waals surface area contributed by atoms with E-state index in [-0.39, 0.29) is 18.2 Å². The van der Waals surface area contributed by atoms with Gasteiger partial charge in [0.2, 0.25) is 0 Å². The van der Waals surface area contributed by atoms with E-state index in [4.69, 9.17) is 4.74 Å². The fraction of sp³-hybridized carbons (Fsp3) is 0.538. The molecule has 0 amide bonds. The molecule has 1 aromatic rings. The third kappa shape index (κ3) is 7.31. The SMILES string of the molecule is COCCCCCNCc1ccccc1F.Cl. The molecular formula is C13H21ClFNO. The monoisotopic (exact) mass is 261 g/mol. The van der Waals surface area contributed by atoms with Gasteiger partial charge >= 0.3 is 0 Å². The summed E-state index contributed by atoms with van der Waals surface area (Å²) in [6.07, 6.45) is 3.35. The van der Waals surface area contributed by atoms with E-state index in [1.165, 1.54) is 6.07 Å². The topological polar surface area (TPSA) is 21.3 Å². The lowest BCUT2D eigenvalue weighted by atomic mass is 10.2. The van der Waals surface area contributed by atoms with Gasteiger partial charge in [0.05, 0.1) is 0 Å². The van der Waals surface area contributed by atoms with E-state index in [1.807, 2.05) is 12.1 Å². The molecule has 1 N–H and O–H groups in total. The van der Waals surface area contributed by atoms with Crippen LogP contribution in [0.3, 0.4) is 0 Å². The number of nitrogens with one attached hydrogen (secondary N) is 1. The van der Waals surface area contributed by atoms with Crippen molar-refractivity contribution in [2.75, 3.05) is 20.3 Å². The van der Waals surface area contributed by atoms with Crippen LogP contribution in [0.2, 0.25) is 0 Å². The minimum Gasteiger partial charge on any atom is -0.385 e. The van der Waals surface area contributed by atoms with Gasteiger partial charge in [-0.3, -0.25) is 0 Å². The summed E-state index contributed by atoms with van der Waals surface area (Å²) in [7, 11) is 1.72. The van der Waals surface area contributed by atoms with Gasteiger partial charge in [0.15, 0.2) is 0 Å². The molecule has 98 valence electrons. The summed E-state index contributed by atoms with van der Waals surface area (Å²) in [6.45, 7) is 2.36. The number of hydrogen-bond donors (Lipinski definition) is 1. The third-order valence-electron chi connectivity index (χ3n) is 2.48. The summed E-state index contributed by atoms with van der Waals surface area (Å²) in [4.78, 5) is 0. The van der Waals surface area contributed by atoms with Crippen molar-refractivity contribution in [1.29, 1.82) is 0 Å². The highest BCUT2D eigenvalue weighted by Gasteiger charge is 1.98. The minimum absolute atomic E-state index is 0. The molecule has 2 nitrogen and oxygen atoms in total. The Bertz CT molecular complexity index is 297. The molecule has 0 spiro atoms. The average Bonchev–Trinajstić information content (AvgIpc) is 2.30. The summed E-state index contributed by atoms with van der Waals surface area (Å²) in [6, 6.07) is 6.88. The highest BCUT2D eigenvalue weighted by atomic mass is 35.5. The molecule has 1 aromatic carbocycles. The van der Waals surface area contributed by atoms with E-state index in [9.17, 15) is 4.39 Å². The summed E-state index contributed by atoms with van der Waals surface area (Å²) < 4.78 is 18.2. The van der Waals surface area contributed by atoms with Crippen molar-refractivity contribution >= 4 is 12.4 Å². The first-order valence-electron chi connectivity index (χ1n) is 5.77. The van der Waals surface area contributed by atoms with Crippen molar-refractivity contribution in [3.8, 4) is 0 Å². The number of hydrogen-bond acceptors (Lipinski definition) is 2. The lowest BCUT2D eigenvalue weighted by Gasteiger charge is -2.05. The summed E-state index contributed by atoms with van der Waals surface area (Å²) in [5, 5.41) is 3.24. The van der Waals surface area contributed by atoms with E-state index < -0.39 is 0 Å². The van der Waals surface area contributed by atoms with Gasteiger partial charge in [0, 0.05) is 25.8 Å². The van der Waals surface area contributed by atoms with Gasteiger partial charge in [-0.1, -0.05) is 18.2 Å². The van der Waals surface area contributed by atoms with Gasteiger partial charge in [-0.05, 0) is 31.9 Å². The van der Waals surface area contributed by atoms with E-state index in [2.05, 4.69) is 5.32 Å². The van der Waals surface area contributed by atoms with E-state index >= 15 is 0 Å². The lowest BCUT2D eigenvalue weighted by Crippen LogP contribution is -2.15. The van der Waals surface area contributed by atoms with Crippen molar-refractivity contribution in [3.05, 3.63) is 35.6 Å². The smallest absolute Gasteiger partial charge is 0.127 e. The second-order valence-corrected chi connectivity index (χ2v) is 3.82. The van der Waals surface area contributed by atoms with Crippen LogP contribution in [-0.2, 0) is 11.3 Å². The van der Waals surface area contributed by atoms with Crippen molar-refractivity contribution in [1.82, 2.24) is 5.32 Å². The van der Waals surface area contributed by atoms with E-state index in [0.29, 0.717) is 6.54 Å². The summed E-state index contributed by atoms with van der Waals surface area (Å²) in [5.74, 6) is -0.130. The second-order valence-electron chi connectivity index (χ2n) is 3.82. The number of halogens is 2. The molecule has 0 heterocycles. The number of ether oxygens (including phenoxy) is 1. The number of benzene rings is 1. The minimum atomic E-state index is -0.130. The second kappa shape index (κ2) is 10.5. The summed E-state index contributed by atoms with van der Waals surface area (Å²) >= 11 is 0. The zero-order valence-corrected chi connectivity index (χ0v) is 11.1. The fourth-order valence-corrected chi connectivity index (χ4v) is 1.54. The molecule has 0 aliphatic rings. The van der Waals surface area contributed by atoms with Crippen LogP contribution < -0.4 is 5.32 Å². The number of methoxy groups -OCH3 is 1. The van der Waals surface area contributed by atoms with Crippen LogP contribution in [0.25, 0.3) is 0 Å². The molecule has 0 unspecified atom stereocenters. The van der Waals surface area contributed by atoms with Crippen molar-refractivity contribution < 1.29 is 9.13 Å². The quantitative estimate of drug-likeness (QED) is 0.726. The highest BCUT2D eigenvalue weighted by molar-refractivity contribution is 5.85.